The highest BCUT2D eigenvalue weighted by Crippen LogP contribution is 2.15. The number of hydrogen-bond acceptors (Lipinski definition) is 6. The summed E-state index contributed by atoms with van der Waals surface area (Å²) in [4.78, 5) is 37.8. The van der Waals surface area contributed by atoms with Gasteiger partial charge < -0.3 is 14.2 Å². The molecule has 0 aromatic carbocycles. The molecule has 0 rings (SSSR count). The molecule has 1 atom stereocenters. The maximum absolute atomic E-state index is 12.7. The van der Waals surface area contributed by atoms with E-state index < -0.39 is 6.10 Å². The van der Waals surface area contributed by atoms with Crippen LogP contribution in [0, 0.1) is 0 Å². The van der Waals surface area contributed by atoms with Crippen molar-refractivity contribution in [3.63, 3.8) is 0 Å². The third-order valence-electron chi connectivity index (χ3n) is 12.1. The Hall–Kier alpha value is -3.67. The van der Waals surface area contributed by atoms with E-state index >= 15 is 0 Å². The summed E-state index contributed by atoms with van der Waals surface area (Å²) in [7, 11) is 0. The van der Waals surface area contributed by atoms with Crippen LogP contribution in [0.15, 0.2) is 97.2 Å². The molecule has 0 heterocycles. The highest BCUT2D eigenvalue weighted by atomic mass is 16.6. The zero-order valence-corrected chi connectivity index (χ0v) is 45.0. The van der Waals surface area contributed by atoms with Crippen molar-refractivity contribution in [2.24, 2.45) is 0 Å². The maximum atomic E-state index is 12.7. The van der Waals surface area contributed by atoms with Crippen LogP contribution in [-0.4, -0.2) is 37.2 Å². The molecule has 0 aliphatic carbocycles. The van der Waals surface area contributed by atoms with Crippen LogP contribution in [0.25, 0.3) is 0 Å². The zero-order chi connectivity index (χ0) is 50.0. The molecule has 0 saturated carbocycles. The summed E-state index contributed by atoms with van der Waals surface area (Å²) in [6.07, 6.45) is 75.8. The number of hydrogen-bond donors (Lipinski definition) is 0. The second-order valence-electron chi connectivity index (χ2n) is 18.8. The van der Waals surface area contributed by atoms with Crippen molar-refractivity contribution in [2.75, 3.05) is 13.2 Å². The van der Waals surface area contributed by atoms with Gasteiger partial charge in [0.15, 0.2) is 6.10 Å². The SMILES string of the molecule is CC/C=C\C/C=C\C/C=C\C/C=C\C/C=C\C/C=C\C/C=C\CCCCCCCCCCCCCC(=O)OCC(COC(=O)CCCCCCCCCC)OC(=O)CCCCCCC/C=C\CCC. The van der Waals surface area contributed by atoms with Gasteiger partial charge in [-0.25, -0.2) is 0 Å². The Kier molecular flexibility index (Phi) is 53.9. The summed E-state index contributed by atoms with van der Waals surface area (Å²) in [5.74, 6) is -0.898. The smallest absolute Gasteiger partial charge is 0.306 e. The molecular weight excluding hydrogens is 853 g/mol. The molecule has 0 radical (unpaired) electrons. The highest BCUT2D eigenvalue weighted by Gasteiger charge is 2.19. The average Bonchev–Trinajstić information content (AvgIpc) is 3.35. The number of esters is 3. The van der Waals surface area contributed by atoms with Gasteiger partial charge >= 0.3 is 17.9 Å². The predicted molar refractivity (Wildman–Crippen MR) is 297 cm³/mol. The minimum atomic E-state index is -0.777. The van der Waals surface area contributed by atoms with E-state index in [9.17, 15) is 14.4 Å². The fourth-order valence-electron chi connectivity index (χ4n) is 7.78. The highest BCUT2D eigenvalue weighted by molar-refractivity contribution is 5.71. The van der Waals surface area contributed by atoms with Crippen LogP contribution in [0.1, 0.15) is 265 Å². The summed E-state index contributed by atoms with van der Waals surface area (Å²) in [5, 5.41) is 0. The van der Waals surface area contributed by atoms with Gasteiger partial charge in [0.25, 0.3) is 0 Å². The van der Waals surface area contributed by atoms with Crippen LogP contribution < -0.4 is 0 Å². The molecule has 0 fully saturated rings. The Morgan fingerprint density at radius 1 is 0.304 bits per heavy atom. The van der Waals surface area contributed by atoms with Crippen molar-refractivity contribution in [1.29, 1.82) is 0 Å². The Labute approximate surface area is 426 Å². The molecule has 6 nitrogen and oxygen atoms in total. The molecule has 1 unspecified atom stereocenters. The molecular formula is C63H106O6. The van der Waals surface area contributed by atoms with Gasteiger partial charge in [0.05, 0.1) is 0 Å². The summed E-state index contributed by atoms with van der Waals surface area (Å²) in [6, 6.07) is 0. The fraction of sp³-hybridized carbons (Fsp3) is 0.698. The number of rotatable bonds is 51. The van der Waals surface area contributed by atoms with Crippen LogP contribution in [-0.2, 0) is 28.6 Å². The molecule has 0 aliphatic heterocycles. The lowest BCUT2D eigenvalue weighted by Gasteiger charge is -2.18. The Balaban J connectivity index is 4.05. The topological polar surface area (TPSA) is 78.9 Å². The molecule has 6 heteroatoms. The van der Waals surface area contributed by atoms with Crippen LogP contribution >= 0.6 is 0 Å². The van der Waals surface area contributed by atoms with E-state index in [1.165, 1.54) is 103 Å². The quantitative estimate of drug-likeness (QED) is 0.0262. The van der Waals surface area contributed by atoms with E-state index in [0.29, 0.717) is 19.3 Å². The molecule has 0 N–H and O–H groups in total. The standard InChI is InChI=1S/C63H106O6/c1-4-7-10-13-16-19-21-22-23-24-25-26-27-28-29-30-31-32-33-34-35-36-37-38-39-40-41-42-43-45-47-50-53-56-62(65)68-59-60(58-67-61(64)55-52-49-46-18-15-12-9-6-3)69-63(66)57-54-51-48-44-20-17-14-11-8-5-2/h7,10-11,14,16,19,22-23,25-26,28-29,31-32,34-35,60H,4-6,8-9,12-13,15,17-18,20-21,24,27,30,33,36-59H2,1-3H3/b10-7-,14-11-,19-16-,23-22-,26-25-,29-28-,32-31-,35-34-. The number of carbonyl (C=O) groups is 3. The molecule has 0 amide bonds. The van der Waals surface area contributed by atoms with Gasteiger partial charge in [-0.05, 0) is 96.3 Å². The Morgan fingerprint density at radius 3 is 0.957 bits per heavy atom. The third-order valence-corrected chi connectivity index (χ3v) is 12.1. The van der Waals surface area contributed by atoms with Gasteiger partial charge in [0.1, 0.15) is 13.2 Å². The van der Waals surface area contributed by atoms with E-state index in [1.54, 1.807) is 0 Å². The summed E-state index contributed by atoms with van der Waals surface area (Å²) >= 11 is 0. The van der Waals surface area contributed by atoms with E-state index in [1.807, 2.05) is 0 Å². The van der Waals surface area contributed by atoms with Gasteiger partial charge in [-0.3, -0.25) is 14.4 Å². The average molecular weight is 960 g/mol. The molecule has 0 aromatic heterocycles. The molecule has 0 saturated heterocycles. The largest absolute Gasteiger partial charge is 0.462 e. The fourth-order valence-corrected chi connectivity index (χ4v) is 7.78. The van der Waals surface area contributed by atoms with Crippen molar-refractivity contribution in [3.05, 3.63) is 97.2 Å². The zero-order valence-electron chi connectivity index (χ0n) is 45.0. The van der Waals surface area contributed by atoms with Crippen molar-refractivity contribution < 1.29 is 28.6 Å². The summed E-state index contributed by atoms with van der Waals surface area (Å²) in [5.41, 5.74) is 0. The van der Waals surface area contributed by atoms with Crippen molar-refractivity contribution in [1.82, 2.24) is 0 Å². The predicted octanol–water partition coefficient (Wildman–Crippen LogP) is 19.3. The van der Waals surface area contributed by atoms with Gasteiger partial charge in [-0.1, -0.05) is 246 Å². The van der Waals surface area contributed by atoms with Crippen LogP contribution in [0.2, 0.25) is 0 Å². The molecule has 0 bridgehead atoms. The first-order chi connectivity index (χ1) is 34.0. The van der Waals surface area contributed by atoms with Gasteiger partial charge in [-0.2, -0.15) is 0 Å². The second kappa shape index (κ2) is 56.9. The molecule has 0 spiro atoms. The first-order valence-corrected chi connectivity index (χ1v) is 28.7. The minimum Gasteiger partial charge on any atom is -0.462 e. The van der Waals surface area contributed by atoms with E-state index in [-0.39, 0.29) is 31.1 Å². The lowest BCUT2D eigenvalue weighted by atomic mass is 10.0. The second-order valence-corrected chi connectivity index (χ2v) is 18.8. The van der Waals surface area contributed by atoms with Gasteiger partial charge in [-0.15, -0.1) is 0 Å². The van der Waals surface area contributed by atoms with Gasteiger partial charge in [0.2, 0.25) is 0 Å². The normalized spacial score (nSPS) is 12.8. The van der Waals surface area contributed by atoms with Crippen LogP contribution in [0.3, 0.4) is 0 Å². The molecule has 394 valence electrons. The summed E-state index contributed by atoms with van der Waals surface area (Å²) in [6.45, 7) is 6.42. The maximum Gasteiger partial charge on any atom is 0.306 e. The number of ether oxygens (including phenoxy) is 3. The first-order valence-electron chi connectivity index (χ1n) is 28.7. The van der Waals surface area contributed by atoms with Crippen molar-refractivity contribution >= 4 is 17.9 Å². The van der Waals surface area contributed by atoms with Gasteiger partial charge in [0, 0.05) is 19.3 Å². The number of carbonyl (C=O) groups excluding carboxylic acids is 3. The van der Waals surface area contributed by atoms with Crippen LogP contribution in [0.4, 0.5) is 0 Å². The number of unbranched alkanes of at least 4 members (excludes halogenated alkanes) is 24. The lowest BCUT2D eigenvalue weighted by Crippen LogP contribution is -2.30. The molecule has 69 heavy (non-hydrogen) atoms. The number of allylic oxidation sites excluding steroid dienone is 16. The van der Waals surface area contributed by atoms with E-state index in [2.05, 4.69) is 118 Å². The third kappa shape index (κ3) is 55.1. The van der Waals surface area contributed by atoms with E-state index in [0.717, 1.165) is 122 Å². The monoisotopic (exact) mass is 959 g/mol. The molecule has 0 aromatic rings. The molecule has 0 aliphatic rings. The van der Waals surface area contributed by atoms with Crippen molar-refractivity contribution in [2.45, 2.75) is 271 Å². The summed E-state index contributed by atoms with van der Waals surface area (Å²) < 4.78 is 16.7. The van der Waals surface area contributed by atoms with Crippen LogP contribution in [0.5, 0.6) is 0 Å². The Bertz CT molecular complexity index is 1380. The first kappa shape index (κ1) is 65.3. The van der Waals surface area contributed by atoms with Crippen molar-refractivity contribution in [3.8, 4) is 0 Å². The minimum absolute atomic E-state index is 0.0793. The van der Waals surface area contributed by atoms with E-state index in [4.69, 9.17) is 14.2 Å². The lowest BCUT2D eigenvalue weighted by molar-refractivity contribution is -0.167. The Morgan fingerprint density at radius 2 is 0.594 bits per heavy atom.